The largest absolute Gasteiger partial charge is 0.497 e. The van der Waals surface area contributed by atoms with E-state index in [-0.39, 0.29) is 11.8 Å². The maximum Gasteiger partial charge on any atom is 0.239 e. The Hall–Kier alpha value is -2.04. The number of benzene rings is 1. The Morgan fingerprint density at radius 1 is 1.09 bits per heavy atom. The molecule has 0 atom stereocenters. The van der Waals surface area contributed by atoms with E-state index in [1.54, 1.807) is 50.1 Å². The van der Waals surface area contributed by atoms with E-state index >= 15 is 0 Å². The van der Waals surface area contributed by atoms with E-state index in [0.717, 1.165) is 18.6 Å². The molecule has 0 aliphatic carbocycles. The number of carbonyl (C=O) groups is 2. The summed E-state index contributed by atoms with van der Waals surface area (Å²) < 4.78 is 5.09. The number of amides is 2. The van der Waals surface area contributed by atoms with Gasteiger partial charge in [-0.05, 0) is 51.0 Å². The molecule has 0 spiro atoms. The van der Waals surface area contributed by atoms with Crippen molar-refractivity contribution in [3.05, 3.63) is 24.3 Å². The number of rotatable bonds is 8. The van der Waals surface area contributed by atoms with Crippen LogP contribution < -0.4 is 10.1 Å². The first kappa shape index (κ1) is 19.0. The molecular weight excluding hydrogens is 292 g/mol. The van der Waals surface area contributed by atoms with Gasteiger partial charge >= 0.3 is 0 Å². The lowest BCUT2D eigenvalue weighted by atomic mass is 9.90. The van der Waals surface area contributed by atoms with E-state index in [0.29, 0.717) is 18.8 Å². The molecule has 1 aromatic carbocycles. The van der Waals surface area contributed by atoms with Crippen molar-refractivity contribution in [2.45, 2.75) is 40.5 Å². The molecule has 0 radical (unpaired) electrons. The summed E-state index contributed by atoms with van der Waals surface area (Å²) in [6.07, 6.45) is 1.75. The van der Waals surface area contributed by atoms with Crippen LogP contribution in [0.3, 0.4) is 0 Å². The van der Waals surface area contributed by atoms with Gasteiger partial charge in [0, 0.05) is 18.8 Å². The highest BCUT2D eigenvalue weighted by Crippen LogP contribution is 2.23. The topological polar surface area (TPSA) is 58.6 Å². The molecule has 0 fully saturated rings. The summed E-state index contributed by atoms with van der Waals surface area (Å²) in [5.74, 6) is 0.285. The van der Waals surface area contributed by atoms with Crippen LogP contribution in [-0.2, 0) is 9.59 Å². The average Bonchev–Trinajstić information content (AvgIpc) is 2.54. The minimum atomic E-state index is -1.11. The summed E-state index contributed by atoms with van der Waals surface area (Å²) in [5.41, 5.74) is -0.459. The van der Waals surface area contributed by atoms with Gasteiger partial charge in [0.05, 0.1) is 7.11 Å². The van der Waals surface area contributed by atoms with Crippen LogP contribution in [0.15, 0.2) is 24.3 Å². The zero-order valence-corrected chi connectivity index (χ0v) is 14.8. The Kier molecular flexibility index (Phi) is 7.07. The van der Waals surface area contributed by atoms with Crippen molar-refractivity contribution in [1.82, 2.24) is 4.90 Å². The molecule has 1 N–H and O–H groups in total. The second-order valence-corrected chi connectivity index (χ2v) is 6.10. The molecule has 1 aromatic rings. The fraction of sp³-hybridized carbons (Fsp3) is 0.556. The second kappa shape index (κ2) is 8.56. The fourth-order valence-electron chi connectivity index (χ4n) is 2.31. The van der Waals surface area contributed by atoms with Crippen LogP contribution >= 0.6 is 0 Å². The zero-order valence-electron chi connectivity index (χ0n) is 14.8. The minimum absolute atomic E-state index is 0.132. The molecule has 0 aliphatic rings. The molecule has 0 saturated heterocycles. The second-order valence-electron chi connectivity index (χ2n) is 6.10. The summed E-state index contributed by atoms with van der Waals surface area (Å²) in [7, 11) is 1.59. The maximum absolute atomic E-state index is 12.7. The number of nitrogens with zero attached hydrogens (tertiary/aromatic N) is 1. The standard InChI is InChI=1S/C18H28N2O3/c1-6-12-20(13-7-2)17(22)18(3,4)16(21)19-14-8-10-15(23-5)11-9-14/h8-11H,6-7,12-13H2,1-5H3,(H,19,21). The lowest BCUT2D eigenvalue weighted by molar-refractivity contribution is -0.146. The lowest BCUT2D eigenvalue weighted by Gasteiger charge is -2.30. The van der Waals surface area contributed by atoms with Crippen LogP contribution in [-0.4, -0.2) is 36.9 Å². The third kappa shape index (κ3) is 4.98. The van der Waals surface area contributed by atoms with Gasteiger partial charge in [-0.15, -0.1) is 0 Å². The first-order chi connectivity index (χ1) is 10.9. The summed E-state index contributed by atoms with van der Waals surface area (Å²) >= 11 is 0. The molecule has 128 valence electrons. The van der Waals surface area contributed by atoms with Gasteiger partial charge in [0.2, 0.25) is 11.8 Å². The predicted molar refractivity (Wildman–Crippen MR) is 92.6 cm³/mol. The van der Waals surface area contributed by atoms with Gasteiger partial charge in [-0.3, -0.25) is 9.59 Å². The van der Waals surface area contributed by atoms with E-state index in [2.05, 4.69) is 5.32 Å². The Morgan fingerprint density at radius 2 is 1.61 bits per heavy atom. The molecule has 2 amide bonds. The van der Waals surface area contributed by atoms with Crippen molar-refractivity contribution < 1.29 is 14.3 Å². The van der Waals surface area contributed by atoms with Crippen molar-refractivity contribution in [2.75, 3.05) is 25.5 Å². The number of anilines is 1. The van der Waals surface area contributed by atoms with Crippen molar-refractivity contribution in [3.63, 3.8) is 0 Å². The molecule has 5 heteroatoms. The molecule has 0 aromatic heterocycles. The van der Waals surface area contributed by atoms with Gasteiger partial charge in [0.25, 0.3) is 0 Å². The summed E-state index contributed by atoms with van der Waals surface area (Å²) in [6, 6.07) is 7.05. The first-order valence-electron chi connectivity index (χ1n) is 8.11. The number of methoxy groups -OCH3 is 1. The quantitative estimate of drug-likeness (QED) is 0.748. The van der Waals surface area contributed by atoms with Gasteiger partial charge in [-0.1, -0.05) is 13.8 Å². The van der Waals surface area contributed by atoms with Gasteiger partial charge in [-0.25, -0.2) is 0 Å². The monoisotopic (exact) mass is 320 g/mol. The number of hydrogen-bond acceptors (Lipinski definition) is 3. The van der Waals surface area contributed by atoms with E-state index in [1.165, 1.54) is 0 Å². The van der Waals surface area contributed by atoms with Crippen LogP contribution in [0.25, 0.3) is 0 Å². The smallest absolute Gasteiger partial charge is 0.239 e. The van der Waals surface area contributed by atoms with Gasteiger partial charge in [-0.2, -0.15) is 0 Å². The third-order valence-corrected chi connectivity index (χ3v) is 3.72. The SMILES string of the molecule is CCCN(CCC)C(=O)C(C)(C)C(=O)Nc1ccc(OC)cc1. The molecule has 0 saturated carbocycles. The number of carbonyl (C=O) groups excluding carboxylic acids is 2. The van der Waals surface area contributed by atoms with Gasteiger partial charge < -0.3 is 15.0 Å². The Morgan fingerprint density at radius 3 is 2.04 bits per heavy atom. The summed E-state index contributed by atoms with van der Waals surface area (Å²) in [6.45, 7) is 8.75. The molecule has 5 nitrogen and oxygen atoms in total. The molecule has 23 heavy (non-hydrogen) atoms. The number of nitrogens with one attached hydrogen (secondary N) is 1. The highest BCUT2D eigenvalue weighted by atomic mass is 16.5. The highest BCUT2D eigenvalue weighted by Gasteiger charge is 2.38. The summed E-state index contributed by atoms with van der Waals surface area (Å²) in [5, 5.41) is 2.81. The summed E-state index contributed by atoms with van der Waals surface area (Å²) in [4.78, 5) is 27.0. The van der Waals surface area contributed by atoms with E-state index in [1.807, 2.05) is 13.8 Å². The van der Waals surface area contributed by atoms with Gasteiger partial charge in [0.1, 0.15) is 11.2 Å². The van der Waals surface area contributed by atoms with Crippen molar-refractivity contribution >= 4 is 17.5 Å². The number of hydrogen-bond donors (Lipinski definition) is 1. The molecule has 0 aliphatic heterocycles. The average molecular weight is 320 g/mol. The fourth-order valence-corrected chi connectivity index (χ4v) is 2.31. The zero-order chi connectivity index (χ0) is 17.5. The minimum Gasteiger partial charge on any atom is -0.497 e. The Bertz CT molecular complexity index is 518. The maximum atomic E-state index is 12.7. The normalized spacial score (nSPS) is 11.0. The number of ether oxygens (including phenoxy) is 1. The lowest BCUT2D eigenvalue weighted by Crippen LogP contribution is -2.47. The molecular formula is C18H28N2O3. The Labute approximate surface area is 139 Å². The van der Waals surface area contributed by atoms with E-state index < -0.39 is 5.41 Å². The van der Waals surface area contributed by atoms with Gasteiger partial charge in [0.15, 0.2) is 0 Å². The van der Waals surface area contributed by atoms with Crippen LogP contribution in [0.1, 0.15) is 40.5 Å². The van der Waals surface area contributed by atoms with E-state index in [4.69, 9.17) is 4.74 Å². The predicted octanol–water partition coefficient (Wildman–Crippen LogP) is 3.31. The first-order valence-corrected chi connectivity index (χ1v) is 8.11. The Balaban J connectivity index is 2.83. The van der Waals surface area contributed by atoms with Crippen molar-refractivity contribution in [3.8, 4) is 5.75 Å². The van der Waals surface area contributed by atoms with E-state index in [9.17, 15) is 9.59 Å². The van der Waals surface area contributed by atoms with Crippen LogP contribution in [0, 0.1) is 5.41 Å². The van der Waals surface area contributed by atoms with Crippen molar-refractivity contribution in [2.24, 2.45) is 5.41 Å². The molecule has 0 heterocycles. The third-order valence-electron chi connectivity index (χ3n) is 3.72. The molecule has 0 bridgehead atoms. The van der Waals surface area contributed by atoms with Crippen LogP contribution in [0.4, 0.5) is 5.69 Å². The van der Waals surface area contributed by atoms with Crippen LogP contribution in [0.2, 0.25) is 0 Å². The van der Waals surface area contributed by atoms with Crippen LogP contribution in [0.5, 0.6) is 5.75 Å². The molecule has 0 unspecified atom stereocenters. The molecule has 1 rings (SSSR count). The van der Waals surface area contributed by atoms with Crippen molar-refractivity contribution in [1.29, 1.82) is 0 Å². The highest BCUT2D eigenvalue weighted by molar-refractivity contribution is 6.09.